The van der Waals surface area contributed by atoms with E-state index in [0.717, 1.165) is 50.4 Å². The third kappa shape index (κ3) is 5.18. The van der Waals surface area contributed by atoms with E-state index < -0.39 is 0 Å². The summed E-state index contributed by atoms with van der Waals surface area (Å²) in [6, 6.07) is 12.2. The summed E-state index contributed by atoms with van der Waals surface area (Å²) in [6.45, 7) is 6.30. The highest BCUT2D eigenvalue weighted by Crippen LogP contribution is 2.31. The van der Waals surface area contributed by atoms with E-state index in [1.54, 1.807) is 12.1 Å². The highest BCUT2D eigenvalue weighted by Gasteiger charge is 2.18. The molecule has 1 saturated heterocycles. The molecule has 3 rings (SSSR count). The maximum absolute atomic E-state index is 13.3. The summed E-state index contributed by atoms with van der Waals surface area (Å²) in [5, 5.41) is 0.587. The molecule has 0 saturated carbocycles. The molecule has 0 radical (unpaired) electrons. The summed E-state index contributed by atoms with van der Waals surface area (Å²) >= 11 is 6.29. The first kappa shape index (κ1) is 18.2. The van der Waals surface area contributed by atoms with Crippen LogP contribution in [0.25, 0.3) is 0 Å². The molecule has 0 spiro atoms. The molecule has 1 aliphatic rings. The number of aryl methyl sites for hydroxylation is 1. The average Bonchev–Trinajstić information content (AvgIpc) is 2.63. The van der Waals surface area contributed by atoms with Gasteiger partial charge in [-0.3, -0.25) is 4.90 Å². The predicted molar refractivity (Wildman–Crippen MR) is 97.8 cm³/mol. The third-order valence-electron chi connectivity index (χ3n) is 4.41. The lowest BCUT2D eigenvalue weighted by molar-refractivity contribution is 0.0317. The summed E-state index contributed by atoms with van der Waals surface area (Å²) in [6.07, 6.45) is 0.623. The SMILES string of the molecule is Cc1ccc(Cl)c(OC(CCN2CCOCC2)c2ccc(F)cc2)c1. The second kappa shape index (κ2) is 8.65. The van der Waals surface area contributed by atoms with Crippen LogP contribution < -0.4 is 4.74 Å². The van der Waals surface area contributed by atoms with E-state index in [-0.39, 0.29) is 11.9 Å². The number of hydrogen-bond acceptors (Lipinski definition) is 3. The van der Waals surface area contributed by atoms with Gasteiger partial charge in [-0.2, -0.15) is 0 Å². The smallest absolute Gasteiger partial charge is 0.139 e. The van der Waals surface area contributed by atoms with E-state index in [1.807, 2.05) is 25.1 Å². The zero-order valence-electron chi connectivity index (χ0n) is 14.4. The molecule has 0 aromatic heterocycles. The monoisotopic (exact) mass is 363 g/mol. The van der Waals surface area contributed by atoms with Crippen molar-refractivity contribution >= 4 is 11.6 Å². The average molecular weight is 364 g/mol. The Hall–Kier alpha value is -1.62. The Balaban J connectivity index is 1.75. The van der Waals surface area contributed by atoms with E-state index in [4.69, 9.17) is 21.1 Å². The Morgan fingerprint density at radius 2 is 1.88 bits per heavy atom. The number of halogens is 2. The standard InChI is InChI=1S/C20H23ClFNO2/c1-15-2-7-18(21)20(14-15)25-19(16-3-5-17(22)6-4-16)8-9-23-10-12-24-13-11-23/h2-7,14,19H,8-13H2,1H3. The summed E-state index contributed by atoms with van der Waals surface area (Å²) in [4.78, 5) is 2.36. The normalized spacial score (nSPS) is 16.6. The van der Waals surface area contributed by atoms with Crippen LogP contribution in [0.2, 0.25) is 5.02 Å². The maximum Gasteiger partial charge on any atom is 0.139 e. The molecule has 25 heavy (non-hydrogen) atoms. The van der Waals surface area contributed by atoms with Crippen LogP contribution in [0.5, 0.6) is 5.75 Å². The molecule has 1 fully saturated rings. The Bertz CT molecular complexity index is 687. The van der Waals surface area contributed by atoms with Crippen LogP contribution in [0.3, 0.4) is 0 Å². The van der Waals surface area contributed by atoms with Gasteiger partial charge in [-0.1, -0.05) is 29.8 Å². The fourth-order valence-corrected chi connectivity index (χ4v) is 3.11. The summed E-state index contributed by atoms with van der Waals surface area (Å²) in [5.41, 5.74) is 2.04. The first-order valence-electron chi connectivity index (χ1n) is 8.60. The molecule has 2 aromatic rings. The minimum absolute atomic E-state index is 0.178. The predicted octanol–water partition coefficient (Wildman–Crippen LogP) is 4.63. The molecule has 1 heterocycles. The van der Waals surface area contributed by atoms with Crippen LogP contribution in [0.1, 0.15) is 23.7 Å². The van der Waals surface area contributed by atoms with Crippen LogP contribution in [0.4, 0.5) is 4.39 Å². The number of rotatable bonds is 6. The molecule has 134 valence electrons. The highest BCUT2D eigenvalue weighted by atomic mass is 35.5. The Morgan fingerprint density at radius 1 is 1.16 bits per heavy atom. The van der Waals surface area contributed by atoms with Crippen molar-refractivity contribution in [2.45, 2.75) is 19.4 Å². The minimum Gasteiger partial charge on any atom is -0.484 e. The van der Waals surface area contributed by atoms with Gasteiger partial charge in [0.05, 0.1) is 18.2 Å². The summed E-state index contributed by atoms with van der Waals surface area (Å²) in [5.74, 6) is 0.419. The van der Waals surface area contributed by atoms with Crippen LogP contribution in [-0.2, 0) is 4.74 Å². The van der Waals surface area contributed by atoms with E-state index >= 15 is 0 Å². The van der Waals surface area contributed by atoms with Crippen molar-refractivity contribution < 1.29 is 13.9 Å². The number of ether oxygens (including phenoxy) is 2. The number of hydrogen-bond donors (Lipinski definition) is 0. The lowest BCUT2D eigenvalue weighted by Gasteiger charge is -2.29. The molecule has 0 N–H and O–H groups in total. The first-order valence-corrected chi connectivity index (χ1v) is 8.98. The lowest BCUT2D eigenvalue weighted by atomic mass is 10.1. The first-order chi connectivity index (χ1) is 12.1. The molecule has 0 bridgehead atoms. The molecule has 2 aromatic carbocycles. The van der Waals surface area contributed by atoms with Crippen LogP contribution in [0.15, 0.2) is 42.5 Å². The van der Waals surface area contributed by atoms with E-state index in [2.05, 4.69) is 4.90 Å². The van der Waals surface area contributed by atoms with Crippen molar-refractivity contribution in [3.8, 4) is 5.75 Å². The van der Waals surface area contributed by atoms with E-state index in [1.165, 1.54) is 12.1 Å². The molecule has 0 amide bonds. The topological polar surface area (TPSA) is 21.7 Å². The molecular weight excluding hydrogens is 341 g/mol. The zero-order chi connectivity index (χ0) is 17.6. The molecule has 0 aliphatic carbocycles. The fraction of sp³-hybridized carbons (Fsp3) is 0.400. The van der Waals surface area contributed by atoms with Gasteiger partial charge in [0.15, 0.2) is 0 Å². The van der Waals surface area contributed by atoms with Gasteiger partial charge < -0.3 is 9.47 Å². The van der Waals surface area contributed by atoms with Gasteiger partial charge in [-0.05, 0) is 42.3 Å². The van der Waals surface area contributed by atoms with Gasteiger partial charge in [-0.25, -0.2) is 4.39 Å². The second-order valence-corrected chi connectivity index (χ2v) is 6.74. The van der Waals surface area contributed by atoms with E-state index in [0.29, 0.717) is 10.8 Å². The Labute approximate surface area is 153 Å². The number of morpholine rings is 1. The quantitative estimate of drug-likeness (QED) is 0.746. The highest BCUT2D eigenvalue weighted by molar-refractivity contribution is 6.32. The van der Waals surface area contributed by atoms with Crippen molar-refractivity contribution in [1.82, 2.24) is 4.90 Å². The van der Waals surface area contributed by atoms with Crippen LogP contribution >= 0.6 is 11.6 Å². The Morgan fingerprint density at radius 3 is 2.60 bits per heavy atom. The molecular formula is C20H23ClFNO2. The zero-order valence-corrected chi connectivity index (χ0v) is 15.1. The molecule has 1 unspecified atom stereocenters. The molecule has 1 atom stereocenters. The van der Waals surface area contributed by atoms with Crippen LogP contribution in [-0.4, -0.2) is 37.7 Å². The minimum atomic E-state index is -0.246. The Kier molecular flexibility index (Phi) is 6.29. The van der Waals surface area contributed by atoms with E-state index in [9.17, 15) is 4.39 Å². The van der Waals surface area contributed by atoms with Crippen molar-refractivity contribution in [3.63, 3.8) is 0 Å². The molecule has 1 aliphatic heterocycles. The van der Waals surface area contributed by atoms with Gasteiger partial charge in [0.25, 0.3) is 0 Å². The van der Waals surface area contributed by atoms with Crippen LogP contribution in [0, 0.1) is 12.7 Å². The fourth-order valence-electron chi connectivity index (χ4n) is 2.95. The molecule has 3 nitrogen and oxygen atoms in total. The largest absolute Gasteiger partial charge is 0.484 e. The van der Waals surface area contributed by atoms with Gasteiger partial charge in [0.2, 0.25) is 0 Å². The van der Waals surface area contributed by atoms with Crippen molar-refractivity contribution in [2.75, 3.05) is 32.8 Å². The van der Waals surface area contributed by atoms with Crippen molar-refractivity contribution in [2.24, 2.45) is 0 Å². The summed E-state index contributed by atoms with van der Waals surface area (Å²) < 4.78 is 24.9. The molecule has 5 heteroatoms. The van der Waals surface area contributed by atoms with Gasteiger partial charge in [-0.15, -0.1) is 0 Å². The maximum atomic E-state index is 13.3. The second-order valence-electron chi connectivity index (χ2n) is 6.33. The van der Waals surface area contributed by atoms with Gasteiger partial charge in [0.1, 0.15) is 17.7 Å². The van der Waals surface area contributed by atoms with Gasteiger partial charge in [0, 0.05) is 26.1 Å². The van der Waals surface area contributed by atoms with Crippen molar-refractivity contribution in [1.29, 1.82) is 0 Å². The van der Waals surface area contributed by atoms with Crippen molar-refractivity contribution in [3.05, 3.63) is 64.4 Å². The third-order valence-corrected chi connectivity index (χ3v) is 4.72. The lowest BCUT2D eigenvalue weighted by Crippen LogP contribution is -2.37. The van der Waals surface area contributed by atoms with Gasteiger partial charge >= 0.3 is 0 Å². The number of nitrogens with zero attached hydrogens (tertiary/aromatic N) is 1. The number of benzene rings is 2. The summed E-state index contributed by atoms with van der Waals surface area (Å²) in [7, 11) is 0.